The summed E-state index contributed by atoms with van der Waals surface area (Å²) in [6.45, 7) is 5.59. The number of aryl methyl sites for hydroxylation is 2. The number of carbonyl (C=O) groups excluding carboxylic acids is 1. The van der Waals surface area contributed by atoms with Crippen LogP contribution in [0.15, 0.2) is 42.5 Å². The first-order chi connectivity index (χ1) is 14.1. The predicted octanol–water partition coefficient (Wildman–Crippen LogP) is 6.78. The molecule has 158 valence electrons. The molecule has 1 N–H and O–H groups in total. The topological polar surface area (TPSA) is 50.2 Å². The molecule has 1 heterocycles. The fourth-order valence-corrected chi connectivity index (χ4v) is 4.48. The van der Waals surface area contributed by atoms with Crippen molar-refractivity contribution in [3.05, 3.63) is 69.7 Å². The highest BCUT2D eigenvalue weighted by atomic mass is 32.1. The van der Waals surface area contributed by atoms with Crippen LogP contribution >= 0.6 is 11.3 Å². The van der Waals surface area contributed by atoms with Crippen LogP contribution in [0.5, 0.6) is 5.75 Å². The molecule has 1 aromatic heterocycles. The van der Waals surface area contributed by atoms with Crippen LogP contribution in [0.25, 0.3) is 10.6 Å². The van der Waals surface area contributed by atoms with Gasteiger partial charge in [0.05, 0.1) is 11.3 Å². The van der Waals surface area contributed by atoms with E-state index in [1.165, 1.54) is 29.5 Å². The number of aromatic hydroxyl groups is 1. The summed E-state index contributed by atoms with van der Waals surface area (Å²) >= 11 is 1.21. The Hall–Kier alpha value is -2.67. The summed E-state index contributed by atoms with van der Waals surface area (Å²) in [6.07, 6.45) is -3.85. The van der Waals surface area contributed by atoms with Gasteiger partial charge in [-0.25, -0.2) is 4.98 Å². The Bertz CT molecular complexity index is 1070. The highest BCUT2D eigenvalue weighted by Gasteiger charge is 2.34. The highest BCUT2D eigenvalue weighted by molar-refractivity contribution is 7.15. The molecule has 0 fully saturated rings. The van der Waals surface area contributed by atoms with Crippen LogP contribution < -0.4 is 0 Å². The van der Waals surface area contributed by atoms with Crippen LogP contribution in [0, 0.1) is 6.92 Å². The number of carbonyl (C=O) groups is 1. The summed E-state index contributed by atoms with van der Waals surface area (Å²) in [5.41, 5.74) is 1.19. The van der Waals surface area contributed by atoms with E-state index in [1.807, 2.05) is 13.8 Å². The molecular weight excluding hydrogens is 411 g/mol. The third-order valence-electron chi connectivity index (χ3n) is 4.84. The van der Waals surface area contributed by atoms with Gasteiger partial charge in [0.15, 0.2) is 5.78 Å². The summed E-state index contributed by atoms with van der Waals surface area (Å²) in [5, 5.41) is 9.94. The molecule has 3 aromatic rings. The second-order valence-electron chi connectivity index (χ2n) is 7.45. The Kier molecular flexibility index (Phi) is 6.31. The Balaban J connectivity index is 1.89. The second-order valence-corrected chi connectivity index (χ2v) is 8.53. The molecule has 3 rings (SSSR count). The summed E-state index contributed by atoms with van der Waals surface area (Å²) in [4.78, 5) is 17.9. The van der Waals surface area contributed by atoms with E-state index in [2.05, 4.69) is 4.98 Å². The van der Waals surface area contributed by atoms with Crippen molar-refractivity contribution in [1.29, 1.82) is 0 Å². The van der Waals surface area contributed by atoms with Crippen molar-refractivity contribution < 1.29 is 23.1 Å². The Morgan fingerprint density at radius 2 is 1.87 bits per heavy atom. The van der Waals surface area contributed by atoms with Crippen LogP contribution in [0.4, 0.5) is 13.2 Å². The molecule has 3 nitrogen and oxygen atoms in total. The number of thiazole rings is 1. The Morgan fingerprint density at radius 3 is 2.50 bits per heavy atom. The van der Waals surface area contributed by atoms with Crippen molar-refractivity contribution in [1.82, 2.24) is 4.98 Å². The lowest BCUT2D eigenvalue weighted by Crippen LogP contribution is -2.06. The fourth-order valence-electron chi connectivity index (χ4n) is 3.23. The SMILES string of the molecule is Cc1cc(C(=O)CCc2sc(-c3ccccc3C(F)(F)F)nc2C(C)C)ccc1O. The molecule has 30 heavy (non-hydrogen) atoms. The molecule has 0 saturated heterocycles. The number of Topliss-reactive ketones (excluding diaryl/α,β-unsaturated/α-hetero) is 1. The average molecular weight is 433 g/mol. The highest BCUT2D eigenvalue weighted by Crippen LogP contribution is 2.40. The normalized spacial score (nSPS) is 11.8. The van der Waals surface area contributed by atoms with Gasteiger partial charge in [0.2, 0.25) is 0 Å². The van der Waals surface area contributed by atoms with E-state index >= 15 is 0 Å². The minimum atomic E-state index is -4.47. The third-order valence-corrected chi connectivity index (χ3v) is 6.00. The maximum absolute atomic E-state index is 13.4. The summed E-state index contributed by atoms with van der Waals surface area (Å²) in [7, 11) is 0. The predicted molar refractivity (Wildman–Crippen MR) is 112 cm³/mol. The van der Waals surface area contributed by atoms with Gasteiger partial charge in [-0.05, 0) is 49.1 Å². The van der Waals surface area contributed by atoms with Crippen molar-refractivity contribution in [2.45, 2.75) is 45.7 Å². The lowest BCUT2D eigenvalue weighted by Gasteiger charge is -2.10. The van der Waals surface area contributed by atoms with Gasteiger partial charge in [-0.3, -0.25) is 4.79 Å². The number of phenolic OH excluding ortho intramolecular Hbond substituents is 1. The molecule has 0 aliphatic carbocycles. The lowest BCUT2D eigenvalue weighted by atomic mass is 10.0. The van der Waals surface area contributed by atoms with E-state index in [4.69, 9.17) is 0 Å². The minimum Gasteiger partial charge on any atom is -0.508 e. The standard InChI is InChI=1S/C23H22F3NO2S/c1-13(2)21-20(11-10-19(29)15-8-9-18(28)14(3)12-15)30-22(27-21)16-6-4-5-7-17(16)23(24,25)26/h4-9,12-13,28H,10-11H2,1-3H3. The molecule has 7 heteroatoms. The number of benzene rings is 2. The van der Waals surface area contributed by atoms with Gasteiger partial charge >= 0.3 is 6.18 Å². The smallest absolute Gasteiger partial charge is 0.417 e. The molecule has 0 saturated carbocycles. The molecule has 0 bridgehead atoms. The molecule has 0 atom stereocenters. The van der Waals surface area contributed by atoms with E-state index in [-0.39, 0.29) is 29.4 Å². The van der Waals surface area contributed by atoms with Gasteiger partial charge in [-0.1, -0.05) is 32.0 Å². The monoisotopic (exact) mass is 433 g/mol. The van der Waals surface area contributed by atoms with E-state index < -0.39 is 11.7 Å². The lowest BCUT2D eigenvalue weighted by molar-refractivity contribution is -0.137. The number of nitrogens with zero attached hydrogens (tertiary/aromatic N) is 1. The molecule has 0 amide bonds. The molecule has 0 radical (unpaired) electrons. The number of phenols is 1. The number of hydrogen-bond acceptors (Lipinski definition) is 4. The molecule has 2 aromatic carbocycles. The number of aromatic nitrogens is 1. The Morgan fingerprint density at radius 1 is 1.17 bits per heavy atom. The largest absolute Gasteiger partial charge is 0.508 e. The van der Waals surface area contributed by atoms with Gasteiger partial charge in [-0.15, -0.1) is 11.3 Å². The number of halogens is 3. The average Bonchev–Trinajstić information content (AvgIpc) is 3.12. The quantitative estimate of drug-likeness (QED) is 0.436. The van der Waals surface area contributed by atoms with Gasteiger partial charge in [-0.2, -0.15) is 13.2 Å². The van der Waals surface area contributed by atoms with Crippen LogP contribution in [0.1, 0.15) is 58.2 Å². The zero-order chi connectivity index (χ0) is 22.1. The van der Waals surface area contributed by atoms with Crippen LogP contribution in [0.3, 0.4) is 0 Å². The number of hydrogen-bond donors (Lipinski definition) is 1. The van der Waals surface area contributed by atoms with Crippen LogP contribution in [-0.4, -0.2) is 15.9 Å². The first-order valence-electron chi connectivity index (χ1n) is 9.57. The van der Waals surface area contributed by atoms with Crippen molar-refractivity contribution in [3.8, 4) is 16.3 Å². The molecular formula is C23H22F3NO2S. The van der Waals surface area contributed by atoms with Crippen molar-refractivity contribution in [2.24, 2.45) is 0 Å². The van der Waals surface area contributed by atoms with Gasteiger partial charge in [0, 0.05) is 22.4 Å². The summed E-state index contributed by atoms with van der Waals surface area (Å²) in [6, 6.07) is 10.1. The fraction of sp³-hybridized carbons (Fsp3) is 0.304. The van der Waals surface area contributed by atoms with Crippen LogP contribution in [0.2, 0.25) is 0 Å². The van der Waals surface area contributed by atoms with Crippen molar-refractivity contribution in [2.75, 3.05) is 0 Å². The van der Waals surface area contributed by atoms with Crippen LogP contribution in [-0.2, 0) is 12.6 Å². The molecule has 0 aliphatic rings. The number of alkyl halides is 3. The molecule has 0 unspecified atom stereocenters. The summed E-state index contributed by atoms with van der Waals surface area (Å²) < 4.78 is 40.3. The number of rotatable bonds is 6. The Labute approximate surface area is 177 Å². The molecule has 0 aliphatic heterocycles. The maximum Gasteiger partial charge on any atom is 0.417 e. The van der Waals surface area contributed by atoms with E-state index in [1.54, 1.807) is 25.1 Å². The van der Waals surface area contributed by atoms with E-state index in [0.29, 0.717) is 22.6 Å². The van der Waals surface area contributed by atoms with Gasteiger partial charge in [0.1, 0.15) is 10.8 Å². The maximum atomic E-state index is 13.4. The number of ketones is 1. The third kappa shape index (κ3) is 4.73. The van der Waals surface area contributed by atoms with Crippen molar-refractivity contribution >= 4 is 17.1 Å². The van der Waals surface area contributed by atoms with Gasteiger partial charge < -0.3 is 5.11 Å². The zero-order valence-corrected chi connectivity index (χ0v) is 17.7. The van der Waals surface area contributed by atoms with E-state index in [9.17, 15) is 23.1 Å². The first kappa shape index (κ1) is 22.0. The molecule has 0 spiro atoms. The zero-order valence-electron chi connectivity index (χ0n) is 16.9. The summed E-state index contributed by atoms with van der Waals surface area (Å²) in [5.74, 6) is 0.0663. The van der Waals surface area contributed by atoms with E-state index in [0.717, 1.165) is 16.6 Å². The van der Waals surface area contributed by atoms with Gasteiger partial charge in [0.25, 0.3) is 0 Å². The second kappa shape index (κ2) is 8.60. The van der Waals surface area contributed by atoms with Crippen molar-refractivity contribution in [3.63, 3.8) is 0 Å². The first-order valence-corrected chi connectivity index (χ1v) is 10.4. The minimum absolute atomic E-state index is 0.0223.